The SMILES string of the molecule is CC(C)(C)OC(=O)NCCOc1ccc2c(c1Cl)CC(CNCCC1CN(c3ccc4c(n3)NC(=O)CO4)C(=O)O1)C2. The lowest BCUT2D eigenvalue weighted by molar-refractivity contribution is -0.118. The number of cyclic esters (lactones) is 1. The number of carbonyl (C=O) groups is 3. The van der Waals surface area contributed by atoms with Crippen molar-refractivity contribution in [3.8, 4) is 11.5 Å². The van der Waals surface area contributed by atoms with Crippen molar-refractivity contribution < 1.29 is 33.3 Å². The summed E-state index contributed by atoms with van der Waals surface area (Å²) in [6.45, 7) is 7.83. The van der Waals surface area contributed by atoms with Gasteiger partial charge in [-0.25, -0.2) is 14.6 Å². The smallest absolute Gasteiger partial charge is 0.415 e. The van der Waals surface area contributed by atoms with E-state index in [4.69, 9.17) is 30.5 Å². The van der Waals surface area contributed by atoms with E-state index in [9.17, 15) is 14.4 Å². The van der Waals surface area contributed by atoms with Crippen molar-refractivity contribution in [2.24, 2.45) is 5.92 Å². The van der Waals surface area contributed by atoms with Gasteiger partial charge in [0.1, 0.15) is 29.9 Å². The Bertz CT molecular complexity index is 1350. The zero-order valence-corrected chi connectivity index (χ0v) is 24.7. The molecule has 2 atom stereocenters. The average Bonchev–Trinajstić information content (AvgIpc) is 3.52. The topological polar surface area (TPSA) is 140 Å². The number of hydrogen-bond donors (Lipinski definition) is 3. The van der Waals surface area contributed by atoms with Crippen molar-refractivity contribution in [2.45, 2.75) is 51.7 Å². The highest BCUT2D eigenvalue weighted by Gasteiger charge is 2.34. The molecule has 0 saturated carbocycles. The Balaban J connectivity index is 1.03. The van der Waals surface area contributed by atoms with Gasteiger partial charge in [-0.05, 0) is 88.4 Å². The maximum atomic E-state index is 12.5. The predicted octanol–water partition coefficient (Wildman–Crippen LogP) is 3.69. The van der Waals surface area contributed by atoms with Crippen molar-refractivity contribution in [3.63, 3.8) is 0 Å². The van der Waals surface area contributed by atoms with Crippen molar-refractivity contribution >= 4 is 41.3 Å². The summed E-state index contributed by atoms with van der Waals surface area (Å²) in [5, 5.41) is 9.44. The van der Waals surface area contributed by atoms with Gasteiger partial charge in [-0.1, -0.05) is 17.7 Å². The summed E-state index contributed by atoms with van der Waals surface area (Å²) >= 11 is 6.68. The number of alkyl carbamates (subject to hydrolysis) is 1. The van der Waals surface area contributed by atoms with Gasteiger partial charge >= 0.3 is 12.2 Å². The largest absolute Gasteiger partial charge is 0.490 e. The summed E-state index contributed by atoms with van der Waals surface area (Å²) in [7, 11) is 0. The van der Waals surface area contributed by atoms with Crippen LogP contribution in [0.2, 0.25) is 5.02 Å². The standard InChI is InChI=1S/C29H36ClN5O7/c1-29(2,3)42-27(37)32-10-11-39-21-5-4-18-12-17(13-20(18)25(21)30)14-31-9-8-19-15-35(28(38)41-19)23-7-6-22-26(33-23)34-24(36)16-40-22/h4-7,17,19,31H,8-16H2,1-3H3,(H,32,37)(H,33,34,36). The number of nitrogens with one attached hydrogen (secondary N) is 3. The second-order valence-electron chi connectivity index (χ2n) is 11.5. The van der Waals surface area contributed by atoms with Gasteiger partial charge in [-0.15, -0.1) is 0 Å². The molecule has 2 aromatic rings. The summed E-state index contributed by atoms with van der Waals surface area (Å²) in [6.07, 6.45) is 1.19. The third kappa shape index (κ3) is 7.35. The number of nitrogens with zero attached hydrogens (tertiary/aromatic N) is 2. The molecule has 1 saturated heterocycles. The third-order valence-corrected chi connectivity index (χ3v) is 7.44. The Morgan fingerprint density at radius 1 is 1.19 bits per heavy atom. The lowest BCUT2D eigenvalue weighted by atomic mass is 10.1. The molecule has 12 nitrogen and oxygen atoms in total. The lowest BCUT2D eigenvalue weighted by Crippen LogP contribution is -2.34. The number of halogens is 1. The number of pyridine rings is 1. The molecular formula is C29H36ClN5O7. The normalized spacial score (nSPS) is 19.4. The Kier molecular flexibility index (Phi) is 8.93. The highest BCUT2D eigenvalue weighted by molar-refractivity contribution is 6.33. The summed E-state index contributed by atoms with van der Waals surface area (Å²) in [5.41, 5.74) is 1.76. The molecule has 2 aliphatic heterocycles. The first kappa shape index (κ1) is 29.7. The lowest BCUT2D eigenvalue weighted by Gasteiger charge is -2.19. The van der Waals surface area contributed by atoms with Crippen molar-refractivity contribution in [1.82, 2.24) is 15.6 Å². The first-order valence-corrected chi connectivity index (χ1v) is 14.5. The summed E-state index contributed by atoms with van der Waals surface area (Å²) in [6, 6.07) is 7.29. The number of aromatic nitrogens is 1. The van der Waals surface area contributed by atoms with Gasteiger partial charge in [0, 0.05) is 0 Å². The molecule has 0 radical (unpaired) electrons. The first-order valence-electron chi connectivity index (χ1n) is 14.1. The monoisotopic (exact) mass is 601 g/mol. The van der Waals surface area contributed by atoms with E-state index in [0.717, 1.165) is 24.9 Å². The van der Waals surface area contributed by atoms with Gasteiger partial charge in [0.15, 0.2) is 18.2 Å². The van der Waals surface area contributed by atoms with E-state index in [1.165, 1.54) is 10.5 Å². The molecule has 13 heteroatoms. The molecule has 226 valence electrons. The molecule has 5 rings (SSSR count). The Labute approximate surface area is 249 Å². The van der Waals surface area contributed by atoms with Gasteiger partial charge in [-0.2, -0.15) is 0 Å². The second-order valence-corrected chi connectivity index (χ2v) is 11.9. The quantitative estimate of drug-likeness (QED) is 0.348. The van der Waals surface area contributed by atoms with E-state index >= 15 is 0 Å². The molecule has 1 aromatic carbocycles. The van der Waals surface area contributed by atoms with Crippen LogP contribution in [0.15, 0.2) is 24.3 Å². The summed E-state index contributed by atoms with van der Waals surface area (Å²) in [4.78, 5) is 41.7. The van der Waals surface area contributed by atoms with Crippen LogP contribution in [0.25, 0.3) is 0 Å². The number of fused-ring (bicyclic) bond motifs is 2. The zero-order valence-electron chi connectivity index (χ0n) is 24.0. The number of benzene rings is 1. The Morgan fingerprint density at radius 2 is 2.02 bits per heavy atom. The van der Waals surface area contributed by atoms with Crippen LogP contribution in [0.5, 0.6) is 11.5 Å². The molecule has 42 heavy (non-hydrogen) atoms. The average molecular weight is 602 g/mol. The molecule has 1 fully saturated rings. The minimum absolute atomic E-state index is 0.0546. The fraction of sp³-hybridized carbons (Fsp3) is 0.517. The fourth-order valence-corrected chi connectivity index (χ4v) is 5.46. The van der Waals surface area contributed by atoms with Gasteiger partial charge in [0.25, 0.3) is 5.91 Å². The van der Waals surface area contributed by atoms with Gasteiger partial charge < -0.3 is 34.9 Å². The molecule has 1 aliphatic carbocycles. The molecule has 2 unspecified atom stereocenters. The molecule has 3 aliphatic rings. The van der Waals surface area contributed by atoms with Gasteiger partial charge in [0.05, 0.1) is 18.1 Å². The fourth-order valence-electron chi connectivity index (χ4n) is 5.14. The minimum Gasteiger partial charge on any atom is -0.490 e. The predicted molar refractivity (Wildman–Crippen MR) is 156 cm³/mol. The highest BCUT2D eigenvalue weighted by Crippen LogP contribution is 2.38. The van der Waals surface area contributed by atoms with E-state index in [1.54, 1.807) is 12.1 Å². The van der Waals surface area contributed by atoms with E-state index < -0.39 is 17.8 Å². The van der Waals surface area contributed by atoms with Crippen LogP contribution in [-0.2, 0) is 27.1 Å². The first-order chi connectivity index (χ1) is 20.1. The van der Waals surface area contributed by atoms with Crippen LogP contribution < -0.4 is 30.3 Å². The zero-order chi connectivity index (χ0) is 29.9. The molecular weight excluding hydrogens is 566 g/mol. The molecule has 0 bridgehead atoms. The van der Waals surface area contributed by atoms with Crippen LogP contribution >= 0.6 is 11.6 Å². The minimum atomic E-state index is -0.553. The van der Waals surface area contributed by atoms with E-state index in [2.05, 4.69) is 27.0 Å². The Morgan fingerprint density at radius 3 is 2.83 bits per heavy atom. The van der Waals surface area contributed by atoms with Gasteiger partial charge in [0.2, 0.25) is 0 Å². The van der Waals surface area contributed by atoms with Gasteiger partial charge in [-0.3, -0.25) is 9.69 Å². The van der Waals surface area contributed by atoms with Crippen molar-refractivity contribution in [1.29, 1.82) is 0 Å². The van der Waals surface area contributed by atoms with Crippen LogP contribution in [0.1, 0.15) is 38.3 Å². The number of hydrogen-bond acceptors (Lipinski definition) is 9. The molecule has 3 amide bonds. The van der Waals surface area contributed by atoms with E-state index in [0.29, 0.717) is 60.1 Å². The van der Waals surface area contributed by atoms with Crippen molar-refractivity contribution in [3.05, 3.63) is 40.4 Å². The Hall–Kier alpha value is -3.77. The van der Waals surface area contributed by atoms with Crippen LogP contribution in [-0.4, -0.2) is 74.2 Å². The maximum Gasteiger partial charge on any atom is 0.415 e. The number of ether oxygens (including phenoxy) is 4. The van der Waals surface area contributed by atoms with Crippen molar-refractivity contribution in [2.75, 3.05) is 49.6 Å². The molecule has 3 N–H and O–H groups in total. The second kappa shape index (κ2) is 12.6. The maximum absolute atomic E-state index is 12.5. The summed E-state index contributed by atoms with van der Waals surface area (Å²) < 4.78 is 21.9. The highest BCUT2D eigenvalue weighted by atomic mass is 35.5. The molecule has 3 heterocycles. The molecule has 1 aromatic heterocycles. The van der Waals surface area contributed by atoms with E-state index in [-0.39, 0.29) is 25.2 Å². The third-order valence-electron chi connectivity index (χ3n) is 7.02. The number of amides is 3. The molecule has 0 spiro atoms. The number of rotatable bonds is 10. The van der Waals surface area contributed by atoms with Crippen LogP contribution in [0.3, 0.4) is 0 Å². The number of anilines is 2. The van der Waals surface area contributed by atoms with Crippen LogP contribution in [0, 0.1) is 5.92 Å². The van der Waals surface area contributed by atoms with Crippen LogP contribution in [0.4, 0.5) is 21.2 Å². The summed E-state index contributed by atoms with van der Waals surface area (Å²) in [5.74, 6) is 1.88. The van der Waals surface area contributed by atoms with E-state index in [1.807, 2.05) is 26.8 Å². The number of carbonyl (C=O) groups excluding carboxylic acids is 3.